The van der Waals surface area contributed by atoms with E-state index in [0.717, 1.165) is 42.4 Å². The molecule has 210 valence electrons. The molecule has 0 saturated carbocycles. The van der Waals surface area contributed by atoms with Crippen LogP contribution >= 0.6 is 0 Å². The highest BCUT2D eigenvalue weighted by molar-refractivity contribution is 5.97. The number of hydrogen-bond donors (Lipinski definition) is 2. The van der Waals surface area contributed by atoms with Gasteiger partial charge >= 0.3 is 6.18 Å². The van der Waals surface area contributed by atoms with E-state index in [1.807, 2.05) is 13.8 Å². The Morgan fingerprint density at radius 3 is 2.05 bits per heavy atom. The Bertz CT molecular complexity index is 1280. The summed E-state index contributed by atoms with van der Waals surface area (Å²) >= 11 is 0. The Balaban J connectivity index is 0.000000620. The second-order valence-electron chi connectivity index (χ2n) is 9.05. The number of rotatable bonds is 4. The molecule has 0 unspecified atom stereocenters. The zero-order valence-electron chi connectivity index (χ0n) is 22.2. The lowest BCUT2D eigenvalue weighted by Gasteiger charge is -2.26. The minimum absolute atomic E-state index is 0.0681. The zero-order valence-corrected chi connectivity index (χ0v) is 22.2. The summed E-state index contributed by atoms with van der Waals surface area (Å²) in [5, 5.41) is 15.8. The minimum Gasteiger partial charge on any atom is -0.320 e. The molecule has 12 heteroatoms. The molecule has 0 amide bonds. The Hall–Kier alpha value is -3.44. The number of nitrogens with zero attached hydrogens (tertiary/aromatic N) is 3. The molecule has 0 aliphatic heterocycles. The van der Waals surface area contributed by atoms with Gasteiger partial charge in [0.2, 0.25) is 5.62 Å². The van der Waals surface area contributed by atoms with Crippen LogP contribution in [-0.2, 0) is 0 Å². The molecule has 0 fully saturated rings. The van der Waals surface area contributed by atoms with Gasteiger partial charge in [-0.15, -0.1) is 0 Å². The first kappa shape index (κ1) is 32.6. The van der Waals surface area contributed by atoms with Crippen molar-refractivity contribution in [2.45, 2.75) is 61.1 Å². The van der Waals surface area contributed by atoms with Gasteiger partial charge < -0.3 is 4.90 Å². The number of nitrogens with one attached hydrogen (secondary N) is 2. The largest absolute Gasteiger partial charge is 0.393 e. The molecule has 0 saturated heterocycles. The van der Waals surface area contributed by atoms with Crippen molar-refractivity contribution in [3.63, 3.8) is 0 Å². The fourth-order valence-electron chi connectivity index (χ4n) is 3.10. The molecule has 0 spiro atoms. The van der Waals surface area contributed by atoms with Crippen LogP contribution in [0.25, 0.3) is 10.9 Å². The van der Waals surface area contributed by atoms with Gasteiger partial charge in [-0.05, 0) is 49.7 Å². The Kier molecular flexibility index (Phi) is 11.0. The van der Waals surface area contributed by atoms with Crippen molar-refractivity contribution in [3.05, 3.63) is 59.2 Å². The molecule has 2 N–H and O–H groups in total. The molecule has 2 aromatic carbocycles. The van der Waals surface area contributed by atoms with E-state index < -0.39 is 41.8 Å². The Morgan fingerprint density at radius 1 is 1.05 bits per heavy atom. The number of alkyl halides is 5. The molecular weight excluding hydrogens is 515 g/mol. The van der Waals surface area contributed by atoms with Crippen molar-refractivity contribution in [2.75, 3.05) is 11.4 Å². The number of halogens is 7. The molecule has 3 aromatic rings. The van der Waals surface area contributed by atoms with Crippen molar-refractivity contribution < 1.29 is 30.7 Å². The van der Waals surface area contributed by atoms with Crippen LogP contribution in [0.2, 0.25) is 0 Å². The highest BCUT2D eigenvalue weighted by Crippen LogP contribution is 2.36. The smallest absolute Gasteiger partial charge is 0.320 e. The van der Waals surface area contributed by atoms with E-state index in [1.165, 1.54) is 31.2 Å². The molecule has 0 aliphatic rings. The molecule has 0 atom stereocenters. The minimum atomic E-state index is -4.06. The molecule has 1 heterocycles. The van der Waals surface area contributed by atoms with Gasteiger partial charge in [0.05, 0.1) is 22.9 Å². The third kappa shape index (κ3) is 8.03. The van der Waals surface area contributed by atoms with Crippen LogP contribution in [0.5, 0.6) is 0 Å². The van der Waals surface area contributed by atoms with E-state index in [1.54, 1.807) is 6.92 Å². The van der Waals surface area contributed by atoms with Gasteiger partial charge in [0, 0.05) is 5.69 Å². The summed E-state index contributed by atoms with van der Waals surface area (Å²) in [6, 6.07) is 7.77. The van der Waals surface area contributed by atoms with Gasteiger partial charge in [-0.3, -0.25) is 15.4 Å². The normalized spacial score (nSPS) is 11.4. The highest BCUT2D eigenvalue weighted by Gasteiger charge is 2.42. The Morgan fingerprint density at radius 2 is 1.61 bits per heavy atom. The first-order valence-corrected chi connectivity index (χ1v) is 11.6. The number of benzene rings is 2. The van der Waals surface area contributed by atoms with Gasteiger partial charge in [-0.25, -0.2) is 17.6 Å². The summed E-state index contributed by atoms with van der Waals surface area (Å²) < 4.78 is 91.1. The maximum atomic E-state index is 14.7. The van der Waals surface area contributed by atoms with Gasteiger partial charge in [-0.2, -0.15) is 18.2 Å². The van der Waals surface area contributed by atoms with Crippen molar-refractivity contribution in [3.8, 4) is 0 Å². The lowest BCUT2D eigenvalue weighted by molar-refractivity contribution is -0.204. The monoisotopic (exact) mass is 547 g/mol. The Labute approximate surface area is 216 Å². The van der Waals surface area contributed by atoms with E-state index in [9.17, 15) is 30.7 Å². The van der Waals surface area contributed by atoms with Crippen LogP contribution in [0.15, 0.2) is 36.4 Å². The van der Waals surface area contributed by atoms with E-state index in [-0.39, 0.29) is 28.2 Å². The average Bonchev–Trinajstić information content (AvgIpc) is 2.76. The van der Waals surface area contributed by atoms with Crippen LogP contribution in [0.1, 0.15) is 47.1 Å². The van der Waals surface area contributed by atoms with E-state index in [0.29, 0.717) is 5.56 Å². The van der Waals surface area contributed by atoms with Gasteiger partial charge in [0.15, 0.2) is 0 Å². The maximum Gasteiger partial charge on any atom is 0.393 e. The molecule has 38 heavy (non-hydrogen) atoms. The van der Waals surface area contributed by atoms with Crippen molar-refractivity contribution in [1.29, 1.82) is 10.8 Å². The van der Waals surface area contributed by atoms with Crippen LogP contribution in [0.3, 0.4) is 0 Å². The van der Waals surface area contributed by atoms with E-state index in [2.05, 4.69) is 4.98 Å². The average molecular weight is 548 g/mol. The molecule has 3 rings (SSSR count). The van der Waals surface area contributed by atoms with Crippen LogP contribution in [-0.4, -0.2) is 34.5 Å². The summed E-state index contributed by atoms with van der Waals surface area (Å²) in [6.45, 7) is 9.57. The molecule has 0 bridgehead atoms. The standard InChI is InChI=1S/C19H17F4N5.C5H9F3.C2H6/c1-10-6-12(20)8-13(7-10)27(9-16(22)23)18-17-14(21)4-3-5-15(17)28(11(2)24)19(25)26-18;1-4(2,3)5(6,7)8;1-2/h3-8,16,24-25H,9H2,1-2H3;1-3H3;1-2H3. The number of anilines is 2. The third-order valence-corrected chi connectivity index (χ3v) is 4.98. The van der Waals surface area contributed by atoms with Crippen molar-refractivity contribution in [2.24, 2.45) is 5.41 Å². The van der Waals surface area contributed by atoms with Gasteiger partial charge in [-0.1, -0.05) is 40.7 Å². The first-order valence-electron chi connectivity index (χ1n) is 11.6. The molecule has 5 nitrogen and oxygen atoms in total. The predicted molar refractivity (Wildman–Crippen MR) is 135 cm³/mol. The summed E-state index contributed by atoms with van der Waals surface area (Å²) in [5.74, 6) is -1.70. The first-order chi connectivity index (χ1) is 17.4. The van der Waals surface area contributed by atoms with Gasteiger partial charge in [0.25, 0.3) is 6.43 Å². The second-order valence-corrected chi connectivity index (χ2v) is 9.05. The number of aromatic nitrogens is 2. The maximum absolute atomic E-state index is 14.7. The fraction of sp³-hybridized carbons (Fsp3) is 0.423. The highest BCUT2D eigenvalue weighted by atomic mass is 19.4. The number of fused-ring (bicyclic) bond motifs is 1. The summed E-state index contributed by atoms with van der Waals surface area (Å²) in [7, 11) is 0. The molecule has 1 aromatic heterocycles. The SMILES string of the molecule is CC.CC(=N)n1c(=N)nc(N(CC(F)F)c2cc(C)cc(F)c2)c2c(F)cccc21.CC(C)(C)C(F)(F)F. The number of hydrogen-bond acceptors (Lipinski definition) is 4. The summed E-state index contributed by atoms with van der Waals surface area (Å²) in [6.07, 6.45) is -6.88. The van der Waals surface area contributed by atoms with Gasteiger partial charge in [0.1, 0.15) is 23.3 Å². The lowest BCUT2D eigenvalue weighted by Crippen LogP contribution is -2.33. The van der Waals surface area contributed by atoms with E-state index in [4.69, 9.17) is 10.8 Å². The molecular formula is C26H32F7N5. The molecule has 0 radical (unpaired) electrons. The van der Waals surface area contributed by atoms with Crippen LogP contribution < -0.4 is 10.5 Å². The molecule has 0 aliphatic carbocycles. The summed E-state index contributed by atoms with van der Waals surface area (Å²) in [4.78, 5) is 4.99. The van der Waals surface area contributed by atoms with Crippen molar-refractivity contribution in [1.82, 2.24) is 9.55 Å². The predicted octanol–water partition coefficient (Wildman–Crippen LogP) is 7.97. The quantitative estimate of drug-likeness (QED) is 0.198. The zero-order chi connectivity index (χ0) is 29.6. The summed E-state index contributed by atoms with van der Waals surface area (Å²) in [5.41, 5.74) is -1.29. The van der Waals surface area contributed by atoms with E-state index >= 15 is 0 Å². The fourth-order valence-corrected chi connectivity index (χ4v) is 3.10. The number of aryl methyl sites for hydroxylation is 1. The van der Waals surface area contributed by atoms with Crippen LogP contribution in [0.4, 0.5) is 42.2 Å². The van der Waals surface area contributed by atoms with Crippen molar-refractivity contribution >= 4 is 28.2 Å². The second kappa shape index (κ2) is 12.9. The third-order valence-electron chi connectivity index (χ3n) is 4.98. The van der Waals surface area contributed by atoms with Crippen LogP contribution in [0, 0.1) is 34.8 Å². The lowest BCUT2D eigenvalue weighted by atomic mass is 9.96. The topological polar surface area (TPSA) is 68.8 Å².